The predicted octanol–water partition coefficient (Wildman–Crippen LogP) is 2.39. The van der Waals surface area contributed by atoms with Gasteiger partial charge in [0.2, 0.25) is 0 Å². The molecule has 0 fully saturated rings. The van der Waals surface area contributed by atoms with Gasteiger partial charge in [-0.05, 0) is 23.8 Å². The minimum Gasteiger partial charge on any atom is -0.494 e. The van der Waals surface area contributed by atoms with E-state index in [9.17, 15) is 4.39 Å². The minimum absolute atomic E-state index is 0.0903. The van der Waals surface area contributed by atoms with Crippen molar-refractivity contribution in [2.45, 2.75) is 6.61 Å². The van der Waals surface area contributed by atoms with E-state index in [-0.39, 0.29) is 12.4 Å². The summed E-state index contributed by atoms with van der Waals surface area (Å²) in [5, 5.41) is 8.89. The van der Waals surface area contributed by atoms with Crippen molar-refractivity contribution in [3.63, 3.8) is 0 Å². The van der Waals surface area contributed by atoms with Crippen LogP contribution in [0, 0.1) is 5.82 Å². The van der Waals surface area contributed by atoms with Crippen LogP contribution >= 0.6 is 0 Å². The molecule has 1 N–H and O–H groups in total. The summed E-state index contributed by atoms with van der Waals surface area (Å²) >= 11 is 0. The topological polar surface area (TPSA) is 42.4 Å². The first-order chi connectivity index (χ1) is 8.24. The highest BCUT2D eigenvalue weighted by molar-refractivity contribution is 5.64. The van der Waals surface area contributed by atoms with Crippen LogP contribution in [0.5, 0.6) is 5.75 Å². The SMILES string of the molecule is COc1cc(-c2ccc(CO)nc2)ccc1F. The summed E-state index contributed by atoms with van der Waals surface area (Å²) in [4.78, 5) is 4.07. The number of hydrogen-bond donors (Lipinski definition) is 1. The molecule has 0 aliphatic rings. The fourth-order valence-electron chi connectivity index (χ4n) is 1.53. The Bertz CT molecular complexity index is 511. The highest BCUT2D eigenvalue weighted by Gasteiger charge is 2.05. The normalized spacial score (nSPS) is 10.3. The lowest BCUT2D eigenvalue weighted by molar-refractivity contribution is 0.277. The van der Waals surface area contributed by atoms with Crippen molar-refractivity contribution in [1.82, 2.24) is 4.98 Å². The summed E-state index contributed by atoms with van der Waals surface area (Å²) in [6.07, 6.45) is 1.64. The van der Waals surface area contributed by atoms with Crippen LogP contribution in [0.4, 0.5) is 4.39 Å². The minimum atomic E-state index is -0.392. The Labute approximate surface area is 98.5 Å². The van der Waals surface area contributed by atoms with Gasteiger partial charge in [-0.15, -0.1) is 0 Å². The largest absolute Gasteiger partial charge is 0.494 e. The van der Waals surface area contributed by atoms with Crippen molar-refractivity contribution in [3.05, 3.63) is 48.0 Å². The molecule has 0 saturated heterocycles. The van der Waals surface area contributed by atoms with E-state index in [1.165, 1.54) is 13.2 Å². The average molecular weight is 233 g/mol. The maximum Gasteiger partial charge on any atom is 0.165 e. The van der Waals surface area contributed by atoms with Crippen LogP contribution in [0.2, 0.25) is 0 Å². The molecule has 88 valence electrons. The smallest absolute Gasteiger partial charge is 0.165 e. The van der Waals surface area contributed by atoms with Crippen LogP contribution in [0.15, 0.2) is 36.5 Å². The maximum atomic E-state index is 13.2. The fraction of sp³-hybridized carbons (Fsp3) is 0.154. The van der Waals surface area contributed by atoms with Gasteiger partial charge in [-0.3, -0.25) is 4.98 Å². The quantitative estimate of drug-likeness (QED) is 0.885. The Morgan fingerprint density at radius 2 is 2.00 bits per heavy atom. The molecular weight excluding hydrogens is 221 g/mol. The third-order valence-electron chi connectivity index (χ3n) is 2.47. The second-order valence-corrected chi connectivity index (χ2v) is 3.55. The van der Waals surface area contributed by atoms with Crippen molar-refractivity contribution in [3.8, 4) is 16.9 Å². The van der Waals surface area contributed by atoms with E-state index in [1.807, 2.05) is 6.07 Å². The van der Waals surface area contributed by atoms with Crippen LogP contribution in [0.25, 0.3) is 11.1 Å². The van der Waals surface area contributed by atoms with Gasteiger partial charge in [-0.2, -0.15) is 0 Å². The van der Waals surface area contributed by atoms with E-state index in [1.54, 1.807) is 24.4 Å². The molecule has 0 spiro atoms. The van der Waals surface area contributed by atoms with Crippen molar-refractivity contribution in [2.24, 2.45) is 0 Å². The van der Waals surface area contributed by atoms with Crippen LogP contribution < -0.4 is 4.74 Å². The molecule has 1 aromatic heterocycles. The predicted molar refractivity (Wildman–Crippen MR) is 62.1 cm³/mol. The molecule has 2 rings (SSSR count). The third kappa shape index (κ3) is 2.42. The average Bonchev–Trinajstić information content (AvgIpc) is 2.39. The van der Waals surface area contributed by atoms with Crippen molar-refractivity contribution < 1.29 is 14.2 Å². The Kier molecular flexibility index (Phi) is 3.35. The van der Waals surface area contributed by atoms with Gasteiger partial charge in [0, 0.05) is 11.8 Å². The number of rotatable bonds is 3. The Morgan fingerprint density at radius 1 is 1.24 bits per heavy atom. The molecule has 0 amide bonds. The zero-order chi connectivity index (χ0) is 12.3. The summed E-state index contributed by atoms with van der Waals surface area (Å²) in [5.41, 5.74) is 2.27. The monoisotopic (exact) mass is 233 g/mol. The van der Waals surface area contributed by atoms with Gasteiger partial charge in [0.05, 0.1) is 19.4 Å². The van der Waals surface area contributed by atoms with Gasteiger partial charge >= 0.3 is 0 Å². The molecule has 0 radical (unpaired) electrons. The first kappa shape index (κ1) is 11.5. The molecule has 1 heterocycles. The molecule has 0 aliphatic heterocycles. The first-order valence-electron chi connectivity index (χ1n) is 5.14. The van der Waals surface area contributed by atoms with Gasteiger partial charge in [0.25, 0.3) is 0 Å². The molecule has 0 bridgehead atoms. The number of halogens is 1. The van der Waals surface area contributed by atoms with Crippen molar-refractivity contribution >= 4 is 0 Å². The second-order valence-electron chi connectivity index (χ2n) is 3.55. The van der Waals surface area contributed by atoms with E-state index >= 15 is 0 Å². The van der Waals surface area contributed by atoms with E-state index in [0.29, 0.717) is 5.69 Å². The maximum absolute atomic E-state index is 13.2. The molecular formula is C13H12FNO2. The van der Waals surface area contributed by atoms with E-state index in [4.69, 9.17) is 9.84 Å². The van der Waals surface area contributed by atoms with Crippen molar-refractivity contribution in [1.29, 1.82) is 0 Å². The van der Waals surface area contributed by atoms with Crippen molar-refractivity contribution in [2.75, 3.05) is 7.11 Å². The molecule has 4 heteroatoms. The lowest BCUT2D eigenvalue weighted by Crippen LogP contribution is -1.91. The number of aromatic nitrogens is 1. The fourth-order valence-corrected chi connectivity index (χ4v) is 1.53. The molecule has 2 aromatic rings. The summed E-state index contributed by atoms with van der Waals surface area (Å²) in [6, 6.07) is 8.18. The molecule has 1 aromatic carbocycles. The third-order valence-corrected chi connectivity index (χ3v) is 2.47. The van der Waals surface area contributed by atoms with Gasteiger partial charge in [-0.25, -0.2) is 4.39 Å². The van der Waals surface area contributed by atoms with Crippen LogP contribution in [0.3, 0.4) is 0 Å². The zero-order valence-corrected chi connectivity index (χ0v) is 9.35. The summed E-state index contributed by atoms with van der Waals surface area (Å²) < 4.78 is 18.1. The molecule has 0 aliphatic carbocycles. The van der Waals surface area contributed by atoms with Gasteiger partial charge in [0.15, 0.2) is 11.6 Å². The number of nitrogens with zero attached hydrogens (tertiary/aromatic N) is 1. The van der Waals surface area contributed by atoms with E-state index in [2.05, 4.69) is 4.98 Å². The second kappa shape index (κ2) is 4.93. The van der Waals surface area contributed by atoms with E-state index in [0.717, 1.165) is 11.1 Å². The number of pyridine rings is 1. The van der Waals surface area contributed by atoms with Gasteiger partial charge in [0.1, 0.15) is 0 Å². The number of methoxy groups -OCH3 is 1. The number of aliphatic hydroxyl groups is 1. The highest BCUT2D eigenvalue weighted by Crippen LogP contribution is 2.25. The van der Waals surface area contributed by atoms with Crippen LogP contribution in [0.1, 0.15) is 5.69 Å². The standard InChI is InChI=1S/C13H12FNO2/c1-17-13-6-9(3-5-12(13)14)10-2-4-11(8-16)15-7-10/h2-7,16H,8H2,1H3. The van der Waals surface area contributed by atoms with E-state index < -0.39 is 5.82 Å². The number of hydrogen-bond acceptors (Lipinski definition) is 3. The van der Waals surface area contributed by atoms with Gasteiger partial charge in [-0.1, -0.05) is 12.1 Å². The molecule has 17 heavy (non-hydrogen) atoms. The number of ether oxygens (including phenoxy) is 1. The Hall–Kier alpha value is -1.94. The zero-order valence-electron chi connectivity index (χ0n) is 9.35. The lowest BCUT2D eigenvalue weighted by atomic mass is 10.1. The van der Waals surface area contributed by atoms with Crippen LogP contribution in [-0.4, -0.2) is 17.2 Å². The Balaban J connectivity index is 2.38. The van der Waals surface area contributed by atoms with Gasteiger partial charge < -0.3 is 9.84 Å². The van der Waals surface area contributed by atoms with Crippen LogP contribution in [-0.2, 0) is 6.61 Å². The summed E-state index contributed by atoms with van der Waals surface area (Å²) in [5.74, 6) is -0.190. The summed E-state index contributed by atoms with van der Waals surface area (Å²) in [6.45, 7) is -0.0903. The number of benzene rings is 1. The first-order valence-corrected chi connectivity index (χ1v) is 5.14. The molecule has 0 unspecified atom stereocenters. The molecule has 0 saturated carbocycles. The summed E-state index contributed by atoms with van der Waals surface area (Å²) in [7, 11) is 1.43. The highest BCUT2D eigenvalue weighted by atomic mass is 19.1. The number of aliphatic hydroxyl groups excluding tert-OH is 1. The molecule has 3 nitrogen and oxygen atoms in total. The Morgan fingerprint density at radius 3 is 2.59 bits per heavy atom. The lowest BCUT2D eigenvalue weighted by Gasteiger charge is -2.06. The molecule has 0 atom stereocenters.